The Morgan fingerprint density at radius 1 is 1.22 bits per heavy atom. The molecule has 6 nitrogen and oxygen atoms in total. The summed E-state index contributed by atoms with van der Waals surface area (Å²) in [6, 6.07) is 11.0. The first-order valence-corrected chi connectivity index (χ1v) is 7.86. The van der Waals surface area contributed by atoms with Gasteiger partial charge in [0, 0.05) is 44.4 Å². The summed E-state index contributed by atoms with van der Waals surface area (Å²) in [6.07, 6.45) is 1.70. The van der Waals surface area contributed by atoms with Crippen molar-refractivity contribution in [3.63, 3.8) is 0 Å². The number of benzene rings is 1. The molecule has 1 aliphatic rings. The van der Waals surface area contributed by atoms with E-state index < -0.39 is 0 Å². The fourth-order valence-electron chi connectivity index (χ4n) is 3.04. The minimum absolute atomic E-state index is 0.158. The van der Waals surface area contributed by atoms with E-state index in [0.29, 0.717) is 0 Å². The van der Waals surface area contributed by atoms with Crippen molar-refractivity contribution in [2.75, 3.05) is 26.2 Å². The minimum Gasteiger partial charge on any atom is -0.468 e. The predicted molar refractivity (Wildman–Crippen MR) is 87.1 cm³/mol. The quantitative estimate of drug-likeness (QED) is 0.627. The van der Waals surface area contributed by atoms with E-state index in [-0.39, 0.29) is 16.7 Å². The van der Waals surface area contributed by atoms with Crippen LogP contribution < -0.4 is 0 Å². The van der Waals surface area contributed by atoms with Crippen LogP contribution in [-0.2, 0) is 6.54 Å². The molecular weight excluding hydrogens is 294 g/mol. The molecule has 1 aliphatic heterocycles. The Labute approximate surface area is 135 Å². The lowest BCUT2D eigenvalue weighted by Crippen LogP contribution is -2.46. The van der Waals surface area contributed by atoms with Gasteiger partial charge in [-0.15, -0.1) is 0 Å². The molecule has 0 aliphatic carbocycles. The zero-order chi connectivity index (χ0) is 16.2. The third kappa shape index (κ3) is 3.78. The molecule has 122 valence electrons. The van der Waals surface area contributed by atoms with Gasteiger partial charge in [-0.2, -0.15) is 0 Å². The zero-order valence-corrected chi connectivity index (χ0v) is 13.2. The fraction of sp³-hybridized carbons (Fsp3) is 0.412. The summed E-state index contributed by atoms with van der Waals surface area (Å²) < 4.78 is 5.40. The highest BCUT2D eigenvalue weighted by Gasteiger charge is 2.23. The van der Waals surface area contributed by atoms with E-state index in [0.717, 1.165) is 44.0 Å². The Morgan fingerprint density at radius 3 is 2.65 bits per heavy atom. The van der Waals surface area contributed by atoms with Crippen LogP contribution in [0.5, 0.6) is 0 Å². The van der Waals surface area contributed by atoms with Crippen molar-refractivity contribution in [1.29, 1.82) is 0 Å². The van der Waals surface area contributed by atoms with E-state index in [4.69, 9.17) is 4.42 Å². The zero-order valence-electron chi connectivity index (χ0n) is 13.2. The first kappa shape index (κ1) is 15.7. The van der Waals surface area contributed by atoms with Gasteiger partial charge in [0.2, 0.25) is 0 Å². The topological polar surface area (TPSA) is 62.8 Å². The molecule has 1 fully saturated rings. The van der Waals surface area contributed by atoms with Crippen molar-refractivity contribution in [3.8, 4) is 0 Å². The number of hydrogen-bond donors (Lipinski definition) is 0. The van der Waals surface area contributed by atoms with Crippen LogP contribution in [0.2, 0.25) is 0 Å². The number of rotatable bonds is 5. The molecule has 0 radical (unpaired) electrons. The Bertz CT molecular complexity index is 649. The minimum atomic E-state index is -0.336. The van der Waals surface area contributed by atoms with Crippen molar-refractivity contribution in [1.82, 2.24) is 9.80 Å². The summed E-state index contributed by atoms with van der Waals surface area (Å²) in [6.45, 7) is 6.79. The van der Waals surface area contributed by atoms with Gasteiger partial charge in [-0.05, 0) is 24.6 Å². The lowest BCUT2D eigenvalue weighted by atomic mass is 10.1. The van der Waals surface area contributed by atoms with Crippen LogP contribution in [0.25, 0.3) is 0 Å². The van der Waals surface area contributed by atoms with Crippen molar-refractivity contribution in [2.45, 2.75) is 19.5 Å². The van der Waals surface area contributed by atoms with Gasteiger partial charge >= 0.3 is 0 Å². The Balaban J connectivity index is 1.58. The maximum Gasteiger partial charge on any atom is 0.269 e. The smallest absolute Gasteiger partial charge is 0.269 e. The summed E-state index contributed by atoms with van der Waals surface area (Å²) in [7, 11) is 0. The molecule has 0 saturated carbocycles. The number of nitro groups is 1. The van der Waals surface area contributed by atoms with E-state index in [1.54, 1.807) is 18.4 Å². The molecule has 1 saturated heterocycles. The second-order valence-electron chi connectivity index (χ2n) is 5.92. The van der Waals surface area contributed by atoms with Crippen LogP contribution in [0, 0.1) is 10.1 Å². The summed E-state index contributed by atoms with van der Waals surface area (Å²) in [4.78, 5) is 15.3. The lowest BCUT2D eigenvalue weighted by Gasteiger charge is -2.37. The second-order valence-corrected chi connectivity index (χ2v) is 5.92. The highest BCUT2D eigenvalue weighted by molar-refractivity contribution is 5.35. The summed E-state index contributed by atoms with van der Waals surface area (Å²) >= 11 is 0. The van der Waals surface area contributed by atoms with Gasteiger partial charge in [0.15, 0.2) is 0 Å². The number of nitro benzene ring substituents is 1. The van der Waals surface area contributed by atoms with Crippen molar-refractivity contribution in [3.05, 3.63) is 64.1 Å². The van der Waals surface area contributed by atoms with Gasteiger partial charge in [-0.1, -0.05) is 12.1 Å². The van der Waals surface area contributed by atoms with Gasteiger partial charge in [-0.25, -0.2) is 0 Å². The second kappa shape index (κ2) is 6.93. The molecule has 1 atom stereocenters. The monoisotopic (exact) mass is 315 g/mol. The fourth-order valence-corrected chi connectivity index (χ4v) is 3.04. The molecule has 0 bridgehead atoms. The number of piperazine rings is 1. The van der Waals surface area contributed by atoms with Gasteiger partial charge < -0.3 is 4.42 Å². The molecule has 1 unspecified atom stereocenters. The van der Waals surface area contributed by atoms with E-state index in [1.807, 2.05) is 18.2 Å². The van der Waals surface area contributed by atoms with Crippen LogP contribution >= 0.6 is 0 Å². The van der Waals surface area contributed by atoms with Crippen LogP contribution in [0.1, 0.15) is 24.3 Å². The van der Waals surface area contributed by atoms with Crippen molar-refractivity contribution < 1.29 is 9.34 Å². The molecule has 0 spiro atoms. The SMILES string of the molecule is CC(c1cccc([N+](=O)[O-])c1)N1CCN(Cc2ccco2)CC1. The molecule has 1 aromatic carbocycles. The molecule has 6 heteroatoms. The highest BCUT2D eigenvalue weighted by atomic mass is 16.6. The summed E-state index contributed by atoms with van der Waals surface area (Å²) in [5.41, 5.74) is 1.16. The van der Waals surface area contributed by atoms with Crippen LogP contribution in [0.15, 0.2) is 47.1 Å². The third-order valence-corrected chi connectivity index (χ3v) is 4.48. The predicted octanol–water partition coefficient (Wildman–Crippen LogP) is 3.07. The van der Waals surface area contributed by atoms with Gasteiger partial charge in [0.25, 0.3) is 5.69 Å². The van der Waals surface area contributed by atoms with Crippen LogP contribution in [-0.4, -0.2) is 40.9 Å². The average molecular weight is 315 g/mol. The highest BCUT2D eigenvalue weighted by Crippen LogP contribution is 2.25. The van der Waals surface area contributed by atoms with Crippen molar-refractivity contribution in [2.24, 2.45) is 0 Å². The molecule has 3 rings (SSSR count). The Morgan fingerprint density at radius 2 is 2.00 bits per heavy atom. The van der Waals surface area contributed by atoms with Gasteiger partial charge in [0.1, 0.15) is 5.76 Å². The summed E-state index contributed by atoms with van der Waals surface area (Å²) in [5.74, 6) is 0.991. The van der Waals surface area contributed by atoms with E-state index >= 15 is 0 Å². The van der Waals surface area contributed by atoms with E-state index in [9.17, 15) is 10.1 Å². The molecule has 2 heterocycles. The van der Waals surface area contributed by atoms with Crippen LogP contribution in [0.4, 0.5) is 5.69 Å². The molecule has 23 heavy (non-hydrogen) atoms. The molecule has 0 amide bonds. The van der Waals surface area contributed by atoms with Crippen molar-refractivity contribution >= 4 is 5.69 Å². The summed E-state index contributed by atoms with van der Waals surface area (Å²) in [5, 5.41) is 10.9. The third-order valence-electron chi connectivity index (χ3n) is 4.48. The Kier molecular flexibility index (Phi) is 4.73. The lowest BCUT2D eigenvalue weighted by molar-refractivity contribution is -0.385. The largest absolute Gasteiger partial charge is 0.468 e. The maximum absolute atomic E-state index is 10.9. The number of furan rings is 1. The molecular formula is C17H21N3O3. The normalized spacial score (nSPS) is 18.0. The number of hydrogen-bond acceptors (Lipinski definition) is 5. The molecule has 0 N–H and O–H groups in total. The van der Waals surface area contributed by atoms with E-state index in [2.05, 4.69) is 16.7 Å². The first-order valence-electron chi connectivity index (χ1n) is 7.86. The van der Waals surface area contributed by atoms with Gasteiger partial charge in [-0.3, -0.25) is 19.9 Å². The average Bonchev–Trinajstić information content (AvgIpc) is 3.08. The Hall–Kier alpha value is -2.18. The standard InChI is InChI=1S/C17H21N3O3/c1-14(15-4-2-5-16(12-15)20(21)22)19-9-7-18(8-10-19)13-17-6-3-11-23-17/h2-6,11-12,14H,7-10,13H2,1H3. The first-order chi connectivity index (χ1) is 11.1. The number of non-ortho nitro benzene ring substituents is 1. The number of nitrogens with zero attached hydrogens (tertiary/aromatic N) is 3. The molecule has 2 aromatic rings. The maximum atomic E-state index is 10.9. The molecule has 1 aromatic heterocycles. The van der Waals surface area contributed by atoms with Crippen LogP contribution in [0.3, 0.4) is 0 Å². The van der Waals surface area contributed by atoms with E-state index in [1.165, 1.54) is 6.07 Å². The van der Waals surface area contributed by atoms with Gasteiger partial charge in [0.05, 0.1) is 17.7 Å².